The summed E-state index contributed by atoms with van der Waals surface area (Å²) in [6.07, 6.45) is 7.78. The van der Waals surface area contributed by atoms with Crippen LogP contribution in [-0.4, -0.2) is 28.3 Å². The van der Waals surface area contributed by atoms with Crippen molar-refractivity contribution in [3.05, 3.63) is 60.7 Å². The van der Waals surface area contributed by atoms with Gasteiger partial charge in [-0.15, -0.1) is 0 Å². The van der Waals surface area contributed by atoms with Gasteiger partial charge >= 0.3 is 18.1 Å². The lowest BCUT2D eigenvalue weighted by Crippen LogP contribution is -2.13. The molecule has 0 bridgehead atoms. The third-order valence-electron chi connectivity index (χ3n) is 4.42. The van der Waals surface area contributed by atoms with Gasteiger partial charge in [-0.05, 0) is 37.1 Å². The van der Waals surface area contributed by atoms with E-state index in [9.17, 15) is 14.4 Å². The van der Waals surface area contributed by atoms with E-state index in [1.807, 2.05) is 12.1 Å². The largest absolute Gasteiger partial charge is 0.519 e. The van der Waals surface area contributed by atoms with Crippen molar-refractivity contribution in [3.8, 4) is 11.5 Å². The van der Waals surface area contributed by atoms with E-state index in [0.717, 1.165) is 51.4 Å². The molecule has 0 aliphatic rings. The highest BCUT2D eigenvalue weighted by atomic mass is 16.7. The van der Waals surface area contributed by atoms with Crippen LogP contribution in [0.15, 0.2) is 60.7 Å². The van der Waals surface area contributed by atoms with Gasteiger partial charge in [0.1, 0.15) is 11.5 Å². The van der Waals surface area contributed by atoms with E-state index in [1.165, 1.54) is 0 Å². The first kappa shape index (κ1) is 26.7. The molecule has 0 aliphatic carbocycles. The maximum absolute atomic E-state index is 11.3. The molecular formula is C25H32O7. The maximum Gasteiger partial charge on any atom is 0.519 e. The Morgan fingerprint density at radius 1 is 0.531 bits per heavy atom. The summed E-state index contributed by atoms with van der Waals surface area (Å²) in [6.45, 7) is 0. The number of benzene rings is 2. The van der Waals surface area contributed by atoms with Gasteiger partial charge in [0, 0.05) is 12.8 Å². The third-order valence-corrected chi connectivity index (χ3v) is 4.42. The Hall–Kier alpha value is -3.35. The molecule has 0 fully saturated rings. The number of ether oxygens (including phenoxy) is 2. The van der Waals surface area contributed by atoms with Crippen LogP contribution in [0, 0.1) is 0 Å². The van der Waals surface area contributed by atoms with E-state index >= 15 is 0 Å². The number of rotatable bonds is 13. The molecule has 0 aliphatic heterocycles. The van der Waals surface area contributed by atoms with Crippen molar-refractivity contribution in [2.24, 2.45) is 0 Å². The highest BCUT2D eigenvalue weighted by Crippen LogP contribution is 2.13. The standard InChI is InChI=1S/C13H10O3.C12H22O4/c14-13(15-11-7-3-1-4-8-11)16-12-9-5-2-6-10-12;13-11(14)9-7-5-3-1-2-4-6-8-10-12(15)16/h1-10H;1-10H2,(H,13,14)(H,15,16). The van der Waals surface area contributed by atoms with E-state index in [1.54, 1.807) is 48.5 Å². The van der Waals surface area contributed by atoms with E-state index in [0.29, 0.717) is 11.5 Å². The normalized spacial score (nSPS) is 9.88. The zero-order valence-corrected chi connectivity index (χ0v) is 18.3. The van der Waals surface area contributed by atoms with Gasteiger partial charge in [-0.2, -0.15) is 0 Å². The first-order valence-electron chi connectivity index (χ1n) is 10.9. The molecule has 2 aromatic rings. The summed E-state index contributed by atoms with van der Waals surface area (Å²) in [5.41, 5.74) is 0. The van der Waals surface area contributed by atoms with Crippen molar-refractivity contribution in [2.75, 3.05) is 0 Å². The molecule has 0 amide bonds. The summed E-state index contributed by atoms with van der Waals surface area (Å²) in [5, 5.41) is 16.8. The van der Waals surface area contributed by atoms with Gasteiger partial charge in [0.05, 0.1) is 0 Å². The van der Waals surface area contributed by atoms with Crippen LogP contribution >= 0.6 is 0 Å². The topological polar surface area (TPSA) is 110 Å². The lowest BCUT2D eigenvalue weighted by Gasteiger charge is -2.04. The molecule has 0 heterocycles. The molecule has 2 aromatic carbocycles. The van der Waals surface area contributed by atoms with Gasteiger partial charge in [-0.1, -0.05) is 74.9 Å². The Balaban J connectivity index is 0.000000320. The molecule has 0 aromatic heterocycles. The number of aliphatic carboxylic acids is 2. The number of hydrogen-bond donors (Lipinski definition) is 2. The first-order valence-corrected chi connectivity index (χ1v) is 10.9. The highest BCUT2D eigenvalue weighted by Gasteiger charge is 2.06. The van der Waals surface area contributed by atoms with Crippen LogP contribution in [0.4, 0.5) is 4.79 Å². The molecule has 0 saturated carbocycles. The highest BCUT2D eigenvalue weighted by molar-refractivity contribution is 5.67. The SMILES string of the molecule is O=C(O)CCCCCCCCCCC(=O)O.O=C(Oc1ccccc1)Oc1ccccc1. The maximum atomic E-state index is 11.3. The minimum atomic E-state index is -0.739. The van der Waals surface area contributed by atoms with Crippen LogP contribution in [0.1, 0.15) is 64.2 Å². The van der Waals surface area contributed by atoms with Gasteiger partial charge in [-0.3, -0.25) is 9.59 Å². The molecule has 2 rings (SSSR count). The summed E-state index contributed by atoms with van der Waals surface area (Å²) in [6, 6.07) is 17.6. The van der Waals surface area contributed by atoms with E-state index in [-0.39, 0.29) is 12.8 Å². The second-order valence-corrected chi connectivity index (χ2v) is 7.20. The number of carbonyl (C=O) groups excluding carboxylic acids is 1. The average molecular weight is 445 g/mol. The zero-order chi connectivity index (χ0) is 23.4. The second kappa shape index (κ2) is 17.3. The molecule has 0 radical (unpaired) electrons. The van der Waals surface area contributed by atoms with E-state index < -0.39 is 18.1 Å². The lowest BCUT2D eigenvalue weighted by atomic mass is 10.1. The van der Waals surface area contributed by atoms with Gasteiger partial charge in [0.2, 0.25) is 0 Å². The van der Waals surface area contributed by atoms with Crippen LogP contribution in [0.5, 0.6) is 11.5 Å². The molecular weight excluding hydrogens is 412 g/mol. The van der Waals surface area contributed by atoms with Gasteiger partial charge in [0.25, 0.3) is 0 Å². The molecule has 2 N–H and O–H groups in total. The fraction of sp³-hybridized carbons (Fsp3) is 0.400. The van der Waals surface area contributed by atoms with Gasteiger partial charge in [0.15, 0.2) is 0 Å². The summed E-state index contributed by atoms with van der Waals surface area (Å²) in [5.74, 6) is -0.505. The van der Waals surface area contributed by atoms with Crippen molar-refractivity contribution in [1.82, 2.24) is 0 Å². The minimum absolute atomic E-state index is 0.276. The van der Waals surface area contributed by atoms with Crippen LogP contribution in [0.25, 0.3) is 0 Å². The fourth-order valence-electron chi connectivity index (χ4n) is 2.80. The number of para-hydroxylation sites is 2. The van der Waals surface area contributed by atoms with E-state index in [4.69, 9.17) is 19.7 Å². The first-order chi connectivity index (χ1) is 15.5. The quantitative estimate of drug-likeness (QED) is 0.211. The number of unbranched alkanes of at least 4 members (excludes halogenated alkanes) is 7. The number of carbonyl (C=O) groups is 3. The second-order valence-electron chi connectivity index (χ2n) is 7.20. The van der Waals surface area contributed by atoms with E-state index in [2.05, 4.69) is 0 Å². The zero-order valence-electron chi connectivity index (χ0n) is 18.3. The summed E-state index contributed by atoms with van der Waals surface area (Å²) in [7, 11) is 0. The summed E-state index contributed by atoms with van der Waals surface area (Å²) >= 11 is 0. The molecule has 32 heavy (non-hydrogen) atoms. The van der Waals surface area contributed by atoms with Crippen LogP contribution < -0.4 is 9.47 Å². The fourth-order valence-corrected chi connectivity index (χ4v) is 2.80. The monoisotopic (exact) mass is 444 g/mol. The summed E-state index contributed by atoms with van der Waals surface area (Å²) < 4.78 is 9.91. The predicted octanol–water partition coefficient (Wildman–Crippen LogP) is 6.32. The van der Waals surface area contributed by atoms with Crippen LogP contribution in [0.3, 0.4) is 0 Å². The van der Waals surface area contributed by atoms with Crippen LogP contribution in [0.2, 0.25) is 0 Å². The smallest absolute Gasteiger partial charge is 0.481 e. The average Bonchev–Trinajstić information content (AvgIpc) is 2.76. The predicted molar refractivity (Wildman–Crippen MR) is 121 cm³/mol. The molecule has 0 atom stereocenters. The Kier molecular flexibility index (Phi) is 14.5. The van der Waals surface area contributed by atoms with Crippen LogP contribution in [-0.2, 0) is 9.59 Å². The minimum Gasteiger partial charge on any atom is -0.481 e. The Labute approximate surface area is 189 Å². The Morgan fingerprint density at radius 3 is 1.16 bits per heavy atom. The number of hydrogen-bond acceptors (Lipinski definition) is 5. The molecule has 174 valence electrons. The van der Waals surface area contributed by atoms with Gasteiger partial charge in [-0.25, -0.2) is 4.79 Å². The lowest BCUT2D eigenvalue weighted by molar-refractivity contribution is -0.138. The Bertz CT molecular complexity index is 710. The molecule has 0 saturated heterocycles. The van der Waals surface area contributed by atoms with Crippen molar-refractivity contribution in [1.29, 1.82) is 0 Å². The summed E-state index contributed by atoms with van der Waals surface area (Å²) in [4.78, 5) is 31.8. The molecule has 0 unspecified atom stereocenters. The van der Waals surface area contributed by atoms with Crippen molar-refractivity contribution < 1.29 is 34.1 Å². The van der Waals surface area contributed by atoms with Crippen molar-refractivity contribution in [3.63, 3.8) is 0 Å². The van der Waals surface area contributed by atoms with Gasteiger partial charge < -0.3 is 19.7 Å². The number of carboxylic acids is 2. The number of carboxylic acid groups (broad SMARTS) is 2. The van der Waals surface area contributed by atoms with Crippen molar-refractivity contribution >= 4 is 18.1 Å². The molecule has 7 nitrogen and oxygen atoms in total. The molecule has 0 spiro atoms. The Morgan fingerprint density at radius 2 is 0.844 bits per heavy atom. The third kappa shape index (κ3) is 15.5. The van der Waals surface area contributed by atoms with Crippen molar-refractivity contribution in [2.45, 2.75) is 64.2 Å². The molecule has 7 heteroatoms.